The molecule has 14 heavy (non-hydrogen) atoms. The summed E-state index contributed by atoms with van der Waals surface area (Å²) in [4.78, 5) is 13.2. The molecule has 0 aromatic heterocycles. The molecule has 1 rings (SSSR count). The second kappa shape index (κ2) is 4.17. The zero-order valence-electron chi connectivity index (χ0n) is 9.12. The number of carbonyl (C=O) groups excluding carboxylic acids is 1. The summed E-state index contributed by atoms with van der Waals surface area (Å²) in [6.45, 7) is 6.44. The number of hydrogen-bond donors (Lipinski definition) is 1. The van der Waals surface area contributed by atoms with E-state index in [9.17, 15) is 4.79 Å². The van der Waals surface area contributed by atoms with Gasteiger partial charge >= 0.3 is 6.09 Å². The van der Waals surface area contributed by atoms with Crippen LogP contribution < -0.4 is 0 Å². The van der Waals surface area contributed by atoms with E-state index in [1.807, 2.05) is 20.8 Å². The maximum Gasteiger partial charge on any atom is 0.410 e. The number of ether oxygens (including phenoxy) is 1. The van der Waals surface area contributed by atoms with Crippen LogP contribution in [0.25, 0.3) is 0 Å². The van der Waals surface area contributed by atoms with Crippen LogP contribution >= 0.6 is 0 Å². The van der Waals surface area contributed by atoms with Crippen LogP contribution in [0.15, 0.2) is 0 Å². The van der Waals surface area contributed by atoms with Crippen LogP contribution in [-0.4, -0.2) is 40.9 Å². The van der Waals surface area contributed by atoms with Gasteiger partial charge in [0.05, 0.1) is 0 Å². The molecule has 0 radical (unpaired) electrons. The first kappa shape index (κ1) is 11.3. The van der Waals surface area contributed by atoms with Gasteiger partial charge in [0, 0.05) is 19.2 Å². The summed E-state index contributed by atoms with van der Waals surface area (Å²) in [5, 5.41) is 8.76. The van der Waals surface area contributed by atoms with Gasteiger partial charge in [-0.05, 0) is 33.6 Å². The van der Waals surface area contributed by atoms with Crippen molar-refractivity contribution in [3.8, 4) is 0 Å². The number of rotatable bonds is 2. The maximum atomic E-state index is 11.5. The molecular formula is C10H19NO3. The van der Waals surface area contributed by atoms with Crippen LogP contribution in [0.5, 0.6) is 0 Å². The van der Waals surface area contributed by atoms with E-state index < -0.39 is 5.60 Å². The minimum absolute atomic E-state index is 0.129. The quantitative estimate of drug-likeness (QED) is 0.734. The summed E-state index contributed by atoms with van der Waals surface area (Å²) in [6, 6.07) is 0.176. The lowest BCUT2D eigenvalue weighted by atomic mass is 10.0. The zero-order valence-corrected chi connectivity index (χ0v) is 9.12. The minimum atomic E-state index is -0.434. The number of aliphatic hydroxyl groups excluding tert-OH is 1. The van der Waals surface area contributed by atoms with E-state index in [1.54, 1.807) is 4.90 Å². The van der Waals surface area contributed by atoms with Crippen molar-refractivity contribution >= 4 is 6.09 Å². The van der Waals surface area contributed by atoms with Crippen LogP contribution in [-0.2, 0) is 4.74 Å². The predicted molar refractivity (Wildman–Crippen MR) is 53.0 cm³/mol. The Morgan fingerprint density at radius 1 is 1.57 bits per heavy atom. The first-order valence-electron chi connectivity index (χ1n) is 5.04. The summed E-state index contributed by atoms with van der Waals surface area (Å²) >= 11 is 0. The molecule has 0 spiro atoms. The molecule has 0 aromatic carbocycles. The van der Waals surface area contributed by atoms with Crippen molar-refractivity contribution in [3.05, 3.63) is 0 Å². The third-order valence-electron chi connectivity index (χ3n) is 2.23. The van der Waals surface area contributed by atoms with Crippen molar-refractivity contribution in [2.45, 2.75) is 45.3 Å². The molecule has 0 saturated carbocycles. The van der Waals surface area contributed by atoms with Crippen molar-refractivity contribution in [3.63, 3.8) is 0 Å². The smallest absolute Gasteiger partial charge is 0.410 e. The largest absolute Gasteiger partial charge is 0.444 e. The molecule has 82 valence electrons. The van der Waals surface area contributed by atoms with Crippen molar-refractivity contribution < 1.29 is 14.6 Å². The predicted octanol–water partition coefficient (Wildman–Crippen LogP) is 1.38. The molecule has 0 aromatic rings. The topological polar surface area (TPSA) is 49.8 Å². The molecule has 1 fully saturated rings. The van der Waals surface area contributed by atoms with Crippen LogP contribution in [0, 0.1) is 0 Å². The van der Waals surface area contributed by atoms with Gasteiger partial charge in [0.1, 0.15) is 5.60 Å². The monoisotopic (exact) mass is 201 g/mol. The SMILES string of the molecule is CC(C)(C)OC(=O)N1CC[C@@H]1CCO. The lowest BCUT2D eigenvalue weighted by molar-refractivity contribution is -0.00923. The normalized spacial score (nSPS) is 21.7. The van der Waals surface area contributed by atoms with Gasteiger partial charge in [0.25, 0.3) is 0 Å². The second-order valence-electron chi connectivity index (χ2n) is 4.63. The van der Waals surface area contributed by atoms with E-state index in [1.165, 1.54) is 0 Å². The fourth-order valence-electron chi connectivity index (χ4n) is 1.45. The molecule has 1 saturated heterocycles. The molecular weight excluding hydrogens is 182 g/mol. The Morgan fingerprint density at radius 3 is 2.57 bits per heavy atom. The maximum absolute atomic E-state index is 11.5. The highest BCUT2D eigenvalue weighted by Crippen LogP contribution is 2.23. The molecule has 4 heteroatoms. The standard InChI is InChI=1S/C10H19NO3/c1-10(2,3)14-9(13)11-6-4-8(11)5-7-12/h8,12H,4-7H2,1-3H3/t8-/m1/s1. The van der Waals surface area contributed by atoms with Crippen LogP contribution in [0.1, 0.15) is 33.6 Å². The van der Waals surface area contributed by atoms with Crippen LogP contribution in [0.4, 0.5) is 4.79 Å². The van der Waals surface area contributed by atoms with Gasteiger partial charge in [-0.1, -0.05) is 0 Å². The Hall–Kier alpha value is -0.770. The van der Waals surface area contributed by atoms with Gasteiger partial charge in [-0.2, -0.15) is 0 Å². The highest BCUT2D eigenvalue weighted by atomic mass is 16.6. The summed E-state index contributed by atoms with van der Waals surface area (Å²) in [5.74, 6) is 0. The Morgan fingerprint density at radius 2 is 2.21 bits per heavy atom. The fraction of sp³-hybridized carbons (Fsp3) is 0.900. The average molecular weight is 201 g/mol. The van der Waals surface area contributed by atoms with E-state index in [4.69, 9.17) is 9.84 Å². The van der Waals surface area contributed by atoms with Crippen LogP contribution in [0.3, 0.4) is 0 Å². The molecule has 0 bridgehead atoms. The summed E-state index contributed by atoms with van der Waals surface area (Å²) in [6.07, 6.45) is 1.36. The lowest BCUT2D eigenvalue weighted by Gasteiger charge is -2.41. The molecule has 1 N–H and O–H groups in total. The molecule has 1 aliphatic rings. The van der Waals surface area contributed by atoms with Gasteiger partial charge in [-0.3, -0.25) is 0 Å². The fourth-order valence-corrected chi connectivity index (χ4v) is 1.45. The summed E-state index contributed by atoms with van der Waals surface area (Å²) in [5.41, 5.74) is -0.434. The number of amides is 1. The highest BCUT2D eigenvalue weighted by Gasteiger charge is 2.34. The van der Waals surface area contributed by atoms with E-state index in [-0.39, 0.29) is 18.7 Å². The van der Waals surface area contributed by atoms with Crippen molar-refractivity contribution in [1.82, 2.24) is 4.90 Å². The number of likely N-dealkylation sites (tertiary alicyclic amines) is 1. The van der Waals surface area contributed by atoms with Crippen LogP contribution in [0.2, 0.25) is 0 Å². The molecule has 1 atom stereocenters. The van der Waals surface area contributed by atoms with Gasteiger partial charge in [0.2, 0.25) is 0 Å². The van der Waals surface area contributed by atoms with Crippen molar-refractivity contribution in [1.29, 1.82) is 0 Å². The van der Waals surface area contributed by atoms with E-state index >= 15 is 0 Å². The third-order valence-corrected chi connectivity index (χ3v) is 2.23. The Balaban J connectivity index is 2.38. The molecule has 1 aliphatic heterocycles. The average Bonchev–Trinajstić information content (AvgIpc) is 1.93. The molecule has 0 unspecified atom stereocenters. The first-order valence-corrected chi connectivity index (χ1v) is 5.04. The van der Waals surface area contributed by atoms with Gasteiger partial charge in [0.15, 0.2) is 0 Å². The molecule has 1 amide bonds. The Labute approximate surface area is 84.8 Å². The minimum Gasteiger partial charge on any atom is -0.444 e. The first-order chi connectivity index (χ1) is 6.44. The number of aliphatic hydroxyl groups is 1. The summed E-state index contributed by atoms with van der Waals surface area (Å²) < 4.78 is 5.22. The third kappa shape index (κ3) is 2.87. The van der Waals surface area contributed by atoms with Gasteiger partial charge in [-0.25, -0.2) is 4.79 Å². The number of hydrogen-bond acceptors (Lipinski definition) is 3. The van der Waals surface area contributed by atoms with E-state index in [0.717, 1.165) is 13.0 Å². The van der Waals surface area contributed by atoms with Crippen molar-refractivity contribution in [2.24, 2.45) is 0 Å². The van der Waals surface area contributed by atoms with Gasteiger partial charge in [-0.15, -0.1) is 0 Å². The molecule has 0 aliphatic carbocycles. The Kier molecular flexibility index (Phi) is 3.37. The van der Waals surface area contributed by atoms with Gasteiger partial charge < -0.3 is 14.7 Å². The van der Waals surface area contributed by atoms with Crippen molar-refractivity contribution in [2.75, 3.05) is 13.2 Å². The van der Waals surface area contributed by atoms with E-state index in [0.29, 0.717) is 6.42 Å². The zero-order chi connectivity index (χ0) is 10.8. The van der Waals surface area contributed by atoms with E-state index in [2.05, 4.69) is 0 Å². The number of nitrogens with zero attached hydrogens (tertiary/aromatic N) is 1. The lowest BCUT2D eigenvalue weighted by Crippen LogP contribution is -2.52. The second-order valence-corrected chi connectivity index (χ2v) is 4.63. The number of carbonyl (C=O) groups is 1. The molecule has 1 heterocycles. The molecule has 4 nitrogen and oxygen atoms in total. The summed E-state index contributed by atoms with van der Waals surface area (Å²) in [7, 11) is 0. The highest BCUT2D eigenvalue weighted by molar-refractivity contribution is 5.69. The Bertz CT molecular complexity index is 210.